The largest absolute Gasteiger partial charge is 0.465 e. The van der Waals surface area contributed by atoms with E-state index in [9.17, 15) is 9.59 Å². The molecule has 4 heteroatoms. The van der Waals surface area contributed by atoms with E-state index in [-0.39, 0.29) is 29.7 Å². The van der Waals surface area contributed by atoms with Crippen LogP contribution in [-0.4, -0.2) is 25.2 Å². The first kappa shape index (κ1) is 26.5. The van der Waals surface area contributed by atoms with E-state index in [2.05, 4.69) is 48.5 Å². The van der Waals surface area contributed by atoms with Gasteiger partial charge in [-0.2, -0.15) is 0 Å². The molecule has 3 saturated carbocycles. The van der Waals surface area contributed by atoms with E-state index in [0.29, 0.717) is 48.7 Å². The molecule has 0 aromatic carbocycles. The van der Waals surface area contributed by atoms with Gasteiger partial charge in [-0.1, -0.05) is 54.9 Å². The van der Waals surface area contributed by atoms with Crippen LogP contribution in [0.25, 0.3) is 0 Å². The zero-order chi connectivity index (χ0) is 24.3. The summed E-state index contributed by atoms with van der Waals surface area (Å²) in [6.07, 6.45) is 7.52. The summed E-state index contributed by atoms with van der Waals surface area (Å²) in [7, 11) is 0. The Morgan fingerprint density at radius 3 is 1.48 bits per heavy atom. The number of hydrogen-bond acceptors (Lipinski definition) is 4. The highest BCUT2D eigenvalue weighted by Gasteiger charge is 2.43. The fourth-order valence-corrected chi connectivity index (χ4v) is 7.85. The Kier molecular flexibility index (Phi) is 9.31. The molecule has 0 N–H and O–H groups in total. The maximum Gasteiger partial charge on any atom is 0.310 e. The summed E-state index contributed by atoms with van der Waals surface area (Å²) in [5.74, 6) is 3.75. The topological polar surface area (TPSA) is 52.6 Å². The van der Waals surface area contributed by atoms with Crippen LogP contribution in [0, 0.1) is 65.1 Å². The minimum atomic E-state index is -0.361. The van der Waals surface area contributed by atoms with Crippen LogP contribution >= 0.6 is 0 Å². The second-order valence-corrected chi connectivity index (χ2v) is 12.7. The lowest BCUT2D eigenvalue weighted by Crippen LogP contribution is -2.42. The molecule has 7 unspecified atom stereocenters. The third kappa shape index (κ3) is 6.54. The van der Waals surface area contributed by atoms with Gasteiger partial charge in [0.1, 0.15) is 0 Å². The molecule has 3 aliphatic rings. The van der Waals surface area contributed by atoms with Crippen LogP contribution in [-0.2, 0) is 19.1 Å². The van der Waals surface area contributed by atoms with Gasteiger partial charge in [-0.25, -0.2) is 0 Å². The second kappa shape index (κ2) is 11.6. The smallest absolute Gasteiger partial charge is 0.310 e. The molecule has 0 aromatic heterocycles. The van der Waals surface area contributed by atoms with Crippen LogP contribution in [0.4, 0.5) is 0 Å². The quantitative estimate of drug-likeness (QED) is 0.409. The second-order valence-electron chi connectivity index (χ2n) is 12.7. The highest BCUT2D eigenvalue weighted by molar-refractivity contribution is 5.82. The number of hydrogen-bond donors (Lipinski definition) is 0. The summed E-state index contributed by atoms with van der Waals surface area (Å²) in [5.41, 5.74) is 0. The summed E-state index contributed by atoms with van der Waals surface area (Å²) >= 11 is 0. The van der Waals surface area contributed by atoms with Gasteiger partial charge in [-0.15, -0.1) is 0 Å². The van der Waals surface area contributed by atoms with Crippen LogP contribution in [0.15, 0.2) is 0 Å². The van der Waals surface area contributed by atoms with Crippen molar-refractivity contribution >= 4 is 11.9 Å². The molecule has 7 atom stereocenters. The minimum absolute atomic E-state index is 0.165. The summed E-state index contributed by atoms with van der Waals surface area (Å²) in [4.78, 5) is 26.5. The summed E-state index contributed by atoms with van der Waals surface area (Å²) < 4.78 is 11.9. The summed E-state index contributed by atoms with van der Waals surface area (Å²) in [6.45, 7) is 16.9. The van der Waals surface area contributed by atoms with Gasteiger partial charge < -0.3 is 9.47 Å². The van der Waals surface area contributed by atoms with E-state index in [0.717, 1.165) is 31.1 Å². The molecule has 0 aliphatic heterocycles. The zero-order valence-electron chi connectivity index (χ0n) is 22.3. The highest BCUT2D eigenvalue weighted by Crippen LogP contribution is 2.41. The molecule has 3 fully saturated rings. The Morgan fingerprint density at radius 2 is 1.03 bits per heavy atom. The fourth-order valence-electron chi connectivity index (χ4n) is 7.85. The number of rotatable bonds is 6. The van der Waals surface area contributed by atoms with Crippen molar-refractivity contribution in [2.45, 2.75) is 93.4 Å². The van der Waals surface area contributed by atoms with Gasteiger partial charge in [-0.05, 0) is 91.8 Å². The third-order valence-corrected chi connectivity index (χ3v) is 9.65. The van der Waals surface area contributed by atoms with E-state index in [1.54, 1.807) is 0 Å². The highest BCUT2D eigenvalue weighted by atomic mass is 16.5. The molecule has 0 aromatic rings. The van der Waals surface area contributed by atoms with Crippen molar-refractivity contribution in [1.82, 2.24) is 0 Å². The van der Waals surface area contributed by atoms with Gasteiger partial charge in [0.25, 0.3) is 0 Å². The normalized spacial score (nSPS) is 44.2. The third-order valence-electron chi connectivity index (χ3n) is 9.65. The first-order chi connectivity index (χ1) is 15.6. The molecule has 4 nitrogen and oxygen atoms in total. The molecule has 3 rings (SSSR count). The average Bonchev–Trinajstić information content (AvgIpc) is 2.71. The molecule has 0 spiro atoms. The predicted octanol–water partition coefficient (Wildman–Crippen LogP) is 6.76. The lowest BCUT2D eigenvalue weighted by Gasteiger charge is -2.39. The molecule has 3 aliphatic carbocycles. The van der Waals surface area contributed by atoms with Gasteiger partial charge in [0.15, 0.2) is 0 Å². The molecule has 0 heterocycles. The Balaban J connectivity index is 1.58. The molecular formula is C29H50O4. The van der Waals surface area contributed by atoms with Gasteiger partial charge in [0.2, 0.25) is 0 Å². The van der Waals surface area contributed by atoms with Crippen molar-refractivity contribution in [3.8, 4) is 0 Å². The number of ether oxygens (including phenoxy) is 2. The van der Waals surface area contributed by atoms with Crippen LogP contribution < -0.4 is 0 Å². The maximum absolute atomic E-state index is 13.3. The Hall–Kier alpha value is -1.06. The van der Waals surface area contributed by atoms with Crippen molar-refractivity contribution in [3.63, 3.8) is 0 Å². The molecule has 33 heavy (non-hydrogen) atoms. The van der Waals surface area contributed by atoms with Crippen molar-refractivity contribution in [2.24, 2.45) is 65.1 Å². The molecule has 0 bridgehead atoms. The number of carbonyl (C=O) groups is 2. The van der Waals surface area contributed by atoms with Crippen LogP contribution in [0.2, 0.25) is 0 Å². The lowest BCUT2D eigenvalue weighted by atomic mass is 9.69. The SMILES string of the molecule is CC1CC(C)C(COC(=O)C2CCCC(C)C2C(=O)OCC2C(C)CC(C)CC2C)C(C)C1. The van der Waals surface area contributed by atoms with Crippen molar-refractivity contribution in [1.29, 1.82) is 0 Å². The fraction of sp³-hybridized carbons (Fsp3) is 0.931. The van der Waals surface area contributed by atoms with E-state index < -0.39 is 0 Å². The Labute approximate surface area is 202 Å². The standard InChI is InChI=1S/C29H50O4/c1-17-11-20(4)25(21(5)12-17)15-32-28(30)24-10-8-9-19(3)27(24)29(31)33-16-26-22(6)13-18(2)14-23(26)7/h17-27H,8-16H2,1-7H3. The van der Waals surface area contributed by atoms with Gasteiger partial charge >= 0.3 is 11.9 Å². The van der Waals surface area contributed by atoms with Crippen LogP contribution in [0.5, 0.6) is 0 Å². The first-order valence-electron chi connectivity index (χ1n) is 13.9. The monoisotopic (exact) mass is 462 g/mol. The van der Waals surface area contributed by atoms with E-state index in [1.165, 1.54) is 25.7 Å². The van der Waals surface area contributed by atoms with E-state index >= 15 is 0 Å². The van der Waals surface area contributed by atoms with Gasteiger partial charge in [-0.3, -0.25) is 9.59 Å². The van der Waals surface area contributed by atoms with Crippen LogP contribution in [0.3, 0.4) is 0 Å². The lowest BCUT2D eigenvalue weighted by molar-refractivity contribution is -0.168. The van der Waals surface area contributed by atoms with Crippen molar-refractivity contribution in [3.05, 3.63) is 0 Å². The van der Waals surface area contributed by atoms with Gasteiger partial charge in [0, 0.05) is 0 Å². The molecule has 0 saturated heterocycles. The van der Waals surface area contributed by atoms with Crippen molar-refractivity contribution < 1.29 is 19.1 Å². The first-order valence-corrected chi connectivity index (χ1v) is 13.9. The average molecular weight is 463 g/mol. The molecule has 190 valence electrons. The molecule has 0 amide bonds. The van der Waals surface area contributed by atoms with E-state index in [1.807, 2.05) is 0 Å². The summed E-state index contributed by atoms with van der Waals surface area (Å²) in [6, 6.07) is 0. The molecule has 0 radical (unpaired) electrons. The van der Waals surface area contributed by atoms with Crippen LogP contribution in [0.1, 0.15) is 93.4 Å². The van der Waals surface area contributed by atoms with E-state index in [4.69, 9.17) is 9.47 Å². The minimum Gasteiger partial charge on any atom is -0.465 e. The number of esters is 2. The summed E-state index contributed by atoms with van der Waals surface area (Å²) in [5, 5.41) is 0. The maximum atomic E-state index is 13.3. The Morgan fingerprint density at radius 1 is 0.606 bits per heavy atom. The number of carbonyl (C=O) groups excluding carboxylic acids is 2. The van der Waals surface area contributed by atoms with Gasteiger partial charge in [0.05, 0.1) is 25.0 Å². The Bertz CT molecular complexity index is 636. The van der Waals surface area contributed by atoms with Crippen molar-refractivity contribution in [2.75, 3.05) is 13.2 Å². The zero-order valence-corrected chi connectivity index (χ0v) is 22.3. The molecular weight excluding hydrogens is 412 g/mol. The predicted molar refractivity (Wildman–Crippen MR) is 132 cm³/mol.